The predicted molar refractivity (Wildman–Crippen MR) is 73.6 cm³/mol. The lowest BCUT2D eigenvalue weighted by atomic mass is 10.0. The summed E-state index contributed by atoms with van der Waals surface area (Å²) in [6, 6.07) is 5.83. The number of nitrogens with zero attached hydrogens (tertiary/aromatic N) is 3. The minimum Gasteiger partial charge on any atom is -0.497 e. The highest BCUT2D eigenvalue weighted by atomic mass is 16.5. The van der Waals surface area contributed by atoms with Crippen molar-refractivity contribution in [2.75, 3.05) is 31.7 Å². The van der Waals surface area contributed by atoms with Gasteiger partial charge in [0.05, 0.1) is 12.6 Å². The van der Waals surface area contributed by atoms with Crippen LogP contribution in [0.3, 0.4) is 0 Å². The Kier molecular flexibility index (Phi) is 2.98. The number of aromatic nitrogens is 2. The second-order valence-corrected chi connectivity index (χ2v) is 4.93. The molecule has 5 heteroatoms. The molecule has 3 rings (SSSR count). The first-order valence-corrected chi connectivity index (χ1v) is 6.39. The summed E-state index contributed by atoms with van der Waals surface area (Å²) in [5.41, 5.74) is 0.927. The number of anilines is 1. The lowest BCUT2D eigenvalue weighted by molar-refractivity contribution is 0.200. The van der Waals surface area contributed by atoms with E-state index < -0.39 is 0 Å². The SMILES string of the molecule is COc1ccc2nc(C)nc(N3CC(CO)C3)c2c1. The highest BCUT2D eigenvalue weighted by Gasteiger charge is 2.28. The summed E-state index contributed by atoms with van der Waals surface area (Å²) in [6.07, 6.45) is 0. The third kappa shape index (κ3) is 2.10. The van der Waals surface area contributed by atoms with Crippen LogP contribution in [0.25, 0.3) is 10.9 Å². The van der Waals surface area contributed by atoms with Crippen LogP contribution in [-0.4, -0.2) is 41.9 Å². The van der Waals surface area contributed by atoms with Gasteiger partial charge in [-0.3, -0.25) is 0 Å². The molecule has 100 valence electrons. The van der Waals surface area contributed by atoms with E-state index >= 15 is 0 Å². The normalized spacial score (nSPS) is 15.6. The monoisotopic (exact) mass is 259 g/mol. The number of aliphatic hydroxyl groups is 1. The van der Waals surface area contributed by atoms with Gasteiger partial charge in [0.2, 0.25) is 0 Å². The highest BCUT2D eigenvalue weighted by Crippen LogP contribution is 2.31. The van der Waals surface area contributed by atoms with E-state index in [4.69, 9.17) is 9.84 Å². The Hall–Kier alpha value is -1.88. The lowest BCUT2D eigenvalue weighted by Crippen LogP contribution is -2.49. The van der Waals surface area contributed by atoms with Crippen molar-refractivity contribution in [1.29, 1.82) is 0 Å². The van der Waals surface area contributed by atoms with E-state index in [1.807, 2.05) is 25.1 Å². The van der Waals surface area contributed by atoms with Crippen molar-refractivity contribution in [2.45, 2.75) is 6.92 Å². The van der Waals surface area contributed by atoms with Crippen molar-refractivity contribution in [3.05, 3.63) is 24.0 Å². The van der Waals surface area contributed by atoms with Gasteiger partial charge in [0.1, 0.15) is 17.4 Å². The Labute approximate surface area is 111 Å². The van der Waals surface area contributed by atoms with Crippen LogP contribution < -0.4 is 9.64 Å². The summed E-state index contributed by atoms with van der Waals surface area (Å²) in [6.45, 7) is 3.83. The Bertz CT molecular complexity index is 609. The first-order valence-electron chi connectivity index (χ1n) is 6.39. The smallest absolute Gasteiger partial charge is 0.140 e. The van der Waals surface area contributed by atoms with Gasteiger partial charge in [-0.1, -0.05) is 0 Å². The van der Waals surface area contributed by atoms with Gasteiger partial charge >= 0.3 is 0 Å². The molecule has 0 radical (unpaired) electrons. The summed E-state index contributed by atoms with van der Waals surface area (Å²) in [5.74, 6) is 2.86. The van der Waals surface area contributed by atoms with Gasteiger partial charge in [0, 0.05) is 31.0 Å². The molecule has 2 heterocycles. The van der Waals surface area contributed by atoms with Gasteiger partial charge in [-0.25, -0.2) is 9.97 Å². The molecule has 0 bridgehead atoms. The molecule has 0 atom stereocenters. The molecule has 0 spiro atoms. The fourth-order valence-corrected chi connectivity index (χ4v) is 2.43. The predicted octanol–water partition coefficient (Wildman–Crippen LogP) is 1.38. The van der Waals surface area contributed by atoms with Crippen molar-refractivity contribution in [3.8, 4) is 5.75 Å². The molecule has 1 aromatic heterocycles. The van der Waals surface area contributed by atoms with Gasteiger partial charge in [-0.15, -0.1) is 0 Å². The van der Waals surface area contributed by atoms with E-state index in [2.05, 4.69) is 14.9 Å². The van der Waals surface area contributed by atoms with Crippen molar-refractivity contribution >= 4 is 16.7 Å². The molecule has 1 saturated heterocycles. The molecule has 1 aliphatic rings. The zero-order chi connectivity index (χ0) is 13.4. The molecule has 1 aliphatic heterocycles. The Morgan fingerprint density at radius 3 is 2.84 bits per heavy atom. The van der Waals surface area contributed by atoms with Crippen molar-refractivity contribution in [3.63, 3.8) is 0 Å². The average molecular weight is 259 g/mol. The van der Waals surface area contributed by atoms with Crippen LogP contribution in [0, 0.1) is 12.8 Å². The number of ether oxygens (including phenoxy) is 1. The maximum Gasteiger partial charge on any atom is 0.140 e. The number of rotatable bonds is 3. The summed E-state index contributed by atoms with van der Waals surface area (Å²) >= 11 is 0. The molecular weight excluding hydrogens is 242 g/mol. The Morgan fingerprint density at radius 2 is 2.16 bits per heavy atom. The fraction of sp³-hybridized carbons (Fsp3) is 0.429. The van der Waals surface area contributed by atoms with Crippen LogP contribution >= 0.6 is 0 Å². The Balaban J connectivity index is 2.06. The maximum absolute atomic E-state index is 9.12. The quantitative estimate of drug-likeness (QED) is 0.902. The molecule has 5 nitrogen and oxygen atoms in total. The fourth-order valence-electron chi connectivity index (χ4n) is 2.43. The van der Waals surface area contributed by atoms with Gasteiger partial charge in [-0.05, 0) is 25.1 Å². The molecule has 0 unspecified atom stereocenters. The largest absolute Gasteiger partial charge is 0.497 e. The number of hydrogen-bond acceptors (Lipinski definition) is 5. The second-order valence-electron chi connectivity index (χ2n) is 4.93. The molecule has 19 heavy (non-hydrogen) atoms. The third-order valence-corrected chi connectivity index (χ3v) is 3.51. The van der Waals surface area contributed by atoms with Gasteiger partial charge in [0.25, 0.3) is 0 Å². The van der Waals surface area contributed by atoms with E-state index in [9.17, 15) is 0 Å². The number of hydrogen-bond donors (Lipinski definition) is 1. The zero-order valence-electron chi connectivity index (χ0n) is 11.1. The van der Waals surface area contributed by atoms with E-state index in [0.29, 0.717) is 5.92 Å². The summed E-state index contributed by atoms with van der Waals surface area (Å²) in [4.78, 5) is 11.2. The molecule has 1 fully saturated rings. The molecule has 0 saturated carbocycles. The Morgan fingerprint density at radius 1 is 1.37 bits per heavy atom. The van der Waals surface area contributed by atoms with Crippen molar-refractivity contribution in [1.82, 2.24) is 9.97 Å². The van der Waals surface area contributed by atoms with E-state index in [-0.39, 0.29) is 6.61 Å². The van der Waals surface area contributed by atoms with Gasteiger partial charge in [0.15, 0.2) is 0 Å². The maximum atomic E-state index is 9.12. The minimum atomic E-state index is 0.238. The van der Waals surface area contributed by atoms with E-state index in [1.54, 1.807) is 7.11 Å². The number of methoxy groups -OCH3 is 1. The number of benzene rings is 1. The first kappa shape index (κ1) is 12.2. The average Bonchev–Trinajstić information content (AvgIpc) is 2.37. The van der Waals surface area contributed by atoms with Crippen molar-refractivity contribution < 1.29 is 9.84 Å². The second kappa shape index (κ2) is 4.66. The highest BCUT2D eigenvalue weighted by molar-refractivity contribution is 5.91. The van der Waals surface area contributed by atoms with Crippen LogP contribution in [0.5, 0.6) is 5.75 Å². The van der Waals surface area contributed by atoms with E-state index in [1.165, 1.54) is 0 Å². The number of aliphatic hydroxyl groups excluding tert-OH is 1. The third-order valence-electron chi connectivity index (χ3n) is 3.51. The van der Waals surface area contributed by atoms with Crippen LogP contribution in [0.2, 0.25) is 0 Å². The number of fused-ring (bicyclic) bond motifs is 1. The summed E-state index contributed by atoms with van der Waals surface area (Å²) in [7, 11) is 1.65. The minimum absolute atomic E-state index is 0.238. The van der Waals surface area contributed by atoms with E-state index in [0.717, 1.165) is 41.4 Å². The van der Waals surface area contributed by atoms with Gasteiger partial charge in [-0.2, -0.15) is 0 Å². The molecule has 0 aliphatic carbocycles. The first-order chi connectivity index (χ1) is 9.21. The topological polar surface area (TPSA) is 58.5 Å². The lowest BCUT2D eigenvalue weighted by Gasteiger charge is -2.39. The molecular formula is C14H17N3O2. The molecule has 2 aromatic rings. The van der Waals surface area contributed by atoms with Crippen molar-refractivity contribution in [2.24, 2.45) is 5.92 Å². The molecule has 1 N–H and O–H groups in total. The van der Waals surface area contributed by atoms with Crippen LogP contribution in [0.1, 0.15) is 5.82 Å². The molecule has 0 amide bonds. The summed E-state index contributed by atoms with van der Waals surface area (Å²) < 4.78 is 5.27. The zero-order valence-corrected chi connectivity index (χ0v) is 11.1. The van der Waals surface area contributed by atoms with Gasteiger partial charge < -0.3 is 14.7 Å². The molecule has 1 aromatic carbocycles. The van der Waals surface area contributed by atoms with Crippen LogP contribution in [0.15, 0.2) is 18.2 Å². The van der Waals surface area contributed by atoms with Crippen LogP contribution in [0.4, 0.5) is 5.82 Å². The summed E-state index contributed by atoms with van der Waals surface area (Å²) in [5, 5.41) is 10.1. The number of aryl methyl sites for hydroxylation is 1. The standard InChI is InChI=1S/C14H17N3O2/c1-9-15-13-4-3-11(19-2)5-12(13)14(16-9)17-6-10(7-17)8-18/h3-5,10,18H,6-8H2,1-2H3. The van der Waals surface area contributed by atoms with Crippen LogP contribution in [-0.2, 0) is 0 Å².